The average Bonchev–Trinajstić information content (AvgIpc) is 2.88. The average molecular weight is 491 g/mol. The fourth-order valence-electron chi connectivity index (χ4n) is 5.62. The Morgan fingerprint density at radius 3 is 1.69 bits per heavy atom. The minimum Gasteiger partial charge on any atom is -0.491 e. The van der Waals surface area contributed by atoms with Crippen LogP contribution in [0, 0.1) is 35.1 Å². The van der Waals surface area contributed by atoms with Crippen molar-refractivity contribution in [1.29, 1.82) is 0 Å². The number of benzene rings is 2. The second kappa shape index (κ2) is 11.5. The van der Waals surface area contributed by atoms with Gasteiger partial charge in [0.15, 0.2) is 23.1 Å². The molecule has 2 nitrogen and oxygen atoms in total. The minimum absolute atomic E-state index is 0.0500. The van der Waals surface area contributed by atoms with Gasteiger partial charge in [0, 0.05) is 0 Å². The first-order valence-electron chi connectivity index (χ1n) is 12.8. The zero-order valence-electron chi connectivity index (χ0n) is 20.3. The molecular formula is C29H34F4O2. The number of hydrogen-bond acceptors (Lipinski definition) is 2. The summed E-state index contributed by atoms with van der Waals surface area (Å²) in [5.74, 6) is -3.15. The van der Waals surface area contributed by atoms with Crippen molar-refractivity contribution >= 4 is 0 Å². The van der Waals surface area contributed by atoms with Gasteiger partial charge in [-0.2, -0.15) is 8.78 Å². The van der Waals surface area contributed by atoms with Gasteiger partial charge >= 0.3 is 0 Å². The van der Waals surface area contributed by atoms with Gasteiger partial charge in [0.2, 0.25) is 11.6 Å². The maximum absolute atomic E-state index is 15.1. The molecule has 4 rings (SSSR count). The normalized spacial score (nSPS) is 24.7. The van der Waals surface area contributed by atoms with E-state index in [1.807, 2.05) is 6.08 Å². The maximum atomic E-state index is 15.1. The van der Waals surface area contributed by atoms with Gasteiger partial charge < -0.3 is 9.47 Å². The van der Waals surface area contributed by atoms with Gasteiger partial charge in [-0.1, -0.05) is 18.2 Å². The number of allylic oxidation sites excluding steroid dienone is 1. The van der Waals surface area contributed by atoms with E-state index in [0.717, 1.165) is 38.5 Å². The summed E-state index contributed by atoms with van der Waals surface area (Å²) in [6, 6.07) is 6.29. The van der Waals surface area contributed by atoms with Crippen LogP contribution in [0.25, 0.3) is 0 Å². The van der Waals surface area contributed by atoms with Gasteiger partial charge in [0.25, 0.3) is 0 Å². The molecule has 2 saturated carbocycles. The summed E-state index contributed by atoms with van der Waals surface area (Å²) in [4.78, 5) is 0. The molecule has 35 heavy (non-hydrogen) atoms. The monoisotopic (exact) mass is 490 g/mol. The van der Waals surface area contributed by atoms with Crippen molar-refractivity contribution in [2.75, 3.05) is 13.2 Å². The van der Waals surface area contributed by atoms with Gasteiger partial charge in [0.05, 0.1) is 13.2 Å². The van der Waals surface area contributed by atoms with Crippen molar-refractivity contribution in [2.24, 2.45) is 11.8 Å². The first-order valence-corrected chi connectivity index (χ1v) is 12.8. The van der Waals surface area contributed by atoms with Crippen molar-refractivity contribution in [3.05, 3.63) is 71.3 Å². The third kappa shape index (κ3) is 5.68. The van der Waals surface area contributed by atoms with E-state index in [9.17, 15) is 8.78 Å². The van der Waals surface area contributed by atoms with Crippen molar-refractivity contribution in [1.82, 2.24) is 0 Å². The minimum atomic E-state index is -1.06. The Morgan fingerprint density at radius 1 is 0.714 bits per heavy atom. The van der Waals surface area contributed by atoms with Crippen LogP contribution in [0.3, 0.4) is 0 Å². The molecule has 0 saturated heterocycles. The molecule has 0 radical (unpaired) electrons. The van der Waals surface area contributed by atoms with Crippen LogP contribution in [0.5, 0.6) is 11.5 Å². The fourth-order valence-corrected chi connectivity index (χ4v) is 5.62. The smallest absolute Gasteiger partial charge is 0.204 e. The molecule has 2 aromatic rings. The molecule has 0 bridgehead atoms. The van der Waals surface area contributed by atoms with E-state index in [4.69, 9.17) is 9.47 Å². The third-order valence-corrected chi connectivity index (χ3v) is 7.76. The molecular weight excluding hydrogens is 456 g/mol. The van der Waals surface area contributed by atoms with Gasteiger partial charge in [-0.05, 0) is 105 Å². The van der Waals surface area contributed by atoms with Crippen LogP contribution in [0.1, 0.15) is 81.3 Å². The van der Waals surface area contributed by atoms with E-state index < -0.39 is 23.3 Å². The number of rotatable bonds is 8. The van der Waals surface area contributed by atoms with E-state index in [1.54, 1.807) is 19.1 Å². The summed E-state index contributed by atoms with van der Waals surface area (Å²) < 4.78 is 69.0. The highest BCUT2D eigenvalue weighted by atomic mass is 19.2. The second-order valence-corrected chi connectivity index (χ2v) is 9.87. The molecule has 0 heterocycles. The lowest BCUT2D eigenvalue weighted by molar-refractivity contribution is 0.190. The Hall–Kier alpha value is -2.50. The van der Waals surface area contributed by atoms with E-state index in [-0.39, 0.29) is 42.5 Å². The van der Waals surface area contributed by atoms with Crippen molar-refractivity contribution in [3.63, 3.8) is 0 Å². The van der Waals surface area contributed by atoms with Crippen LogP contribution in [0.4, 0.5) is 17.6 Å². The Balaban J connectivity index is 1.33. The molecule has 0 unspecified atom stereocenters. The molecule has 6 heteroatoms. The van der Waals surface area contributed by atoms with Crippen LogP contribution in [-0.2, 0) is 0 Å². The Morgan fingerprint density at radius 2 is 1.20 bits per heavy atom. The zero-order valence-corrected chi connectivity index (χ0v) is 20.3. The third-order valence-electron chi connectivity index (χ3n) is 7.76. The first-order chi connectivity index (χ1) is 16.9. The zero-order chi connectivity index (χ0) is 24.9. The van der Waals surface area contributed by atoms with Crippen LogP contribution in [-0.4, -0.2) is 13.2 Å². The Kier molecular flexibility index (Phi) is 8.40. The molecule has 0 atom stereocenters. The van der Waals surface area contributed by atoms with E-state index >= 15 is 8.78 Å². The van der Waals surface area contributed by atoms with Gasteiger partial charge in [0.1, 0.15) is 0 Å². The van der Waals surface area contributed by atoms with Crippen LogP contribution in [0.15, 0.2) is 36.9 Å². The summed E-state index contributed by atoms with van der Waals surface area (Å²) in [6.45, 7) is 6.03. The topological polar surface area (TPSA) is 18.5 Å². The number of halogens is 4. The Labute approximate surface area is 205 Å². The van der Waals surface area contributed by atoms with Crippen LogP contribution < -0.4 is 9.47 Å². The SMILES string of the molecule is C=CC1CCC(c2ccc(C3CCC(COc4ccc(OCC)c(F)c4F)CC3)c(F)c2F)CC1. The first kappa shape index (κ1) is 25.6. The summed E-state index contributed by atoms with van der Waals surface area (Å²) in [6.07, 6.45) is 8.52. The van der Waals surface area contributed by atoms with E-state index in [2.05, 4.69) is 6.58 Å². The lowest BCUT2D eigenvalue weighted by Crippen LogP contribution is -2.21. The largest absolute Gasteiger partial charge is 0.491 e. The summed E-state index contributed by atoms with van der Waals surface area (Å²) in [5, 5.41) is 0. The van der Waals surface area contributed by atoms with Gasteiger partial charge in [-0.25, -0.2) is 8.78 Å². The maximum Gasteiger partial charge on any atom is 0.204 e. The molecule has 2 aromatic carbocycles. The summed E-state index contributed by atoms with van der Waals surface area (Å²) >= 11 is 0. The van der Waals surface area contributed by atoms with Crippen LogP contribution in [0.2, 0.25) is 0 Å². The van der Waals surface area contributed by atoms with Gasteiger partial charge in [-0.3, -0.25) is 0 Å². The summed E-state index contributed by atoms with van der Waals surface area (Å²) in [5.41, 5.74) is 0.950. The molecule has 0 N–H and O–H groups in total. The van der Waals surface area contributed by atoms with E-state index in [1.165, 1.54) is 12.1 Å². The predicted molar refractivity (Wildman–Crippen MR) is 129 cm³/mol. The molecule has 190 valence electrons. The van der Waals surface area contributed by atoms with Crippen LogP contribution >= 0.6 is 0 Å². The number of ether oxygens (including phenoxy) is 2. The molecule has 2 aliphatic rings. The molecule has 0 amide bonds. The molecule has 2 aliphatic carbocycles. The van der Waals surface area contributed by atoms with E-state index in [0.29, 0.717) is 29.9 Å². The molecule has 0 spiro atoms. The lowest BCUT2D eigenvalue weighted by atomic mass is 9.76. The fraction of sp³-hybridized carbons (Fsp3) is 0.517. The Bertz CT molecular complexity index is 1020. The highest BCUT2D eigenvalue weighted by Gasteiger charge is 2.29. The molecule has 0 aromatic heterocycles. The standard InChI is InChI=1S/C29H34F4O2/c1-3-18-5-9-20(10-6-18)22-13-14-23(27(31)26(22)30)21-11-7-19(8-12-21)17-35-25-16-15-24(34-4-2)28(32)29(25)33/h3,13-16,18-21H,1,4-12,17H2,2H3. The quantitative estimate of drug-likeness (QED) is 0.273. The predicted octanol–water partition coefficient (Wildman–Crippen LogP) is 8.45. The molecule has 2 fully saturated rings. The highest BCUT2D eigenvalue weighted by Crippen LogP contribution is 2.41. The van der Waals surface area contributed by atoms with Crippen molar-refractivity contribution in [3.8, 4) is 11.5 Å². The lowest BCUT2D eigenvalue weighted by Gasteiger charge is -2.30. The van der Waals surface area contributed by atoms with Gasteiger partial charge in [-0.15, -0.1) is 6.58 Å². The molecule has 0 aliphatic heterocycles. The van der Waals surface area contributed by atoms with Crippen molar-refractivity contribution < 1.29 is 27.0 Å². The number of hydrogen-bond donors (Lipinski definition) is 0. The highest BCUT2D eigenvalue weighted by molar-refractivity contribution is 5.35. The second-order valence-electron chi connectivity index (χ2n) is 9.87. The summed E-state index contributed by atoms with van der Waals surface area (Å²) in [7, 11) is 0. The van der Waals surface area contributed by atoms with Crippen molar-refractivity contribution in [2.45, 2.75) is 70.1 Å².